The van der Waals surface area contributed by atoms with E-state index in [-0.39, 0.29) is 12.3 Å². The highest BCUT2D eigenvalue weighted by atomic mass is 19.4. The number of carbonyl (C=O) groups excluding carboxylic acids is 1. The molecule has 0 aromatic carbocycles. The van der Waals surface area contributed by atoms with Gasteiger partial charge in [0.1, 0.15) is 5.82 Å². The number of rotatable bonds is 6. The second-order valence-corrected chi connectivity index (χ2v) is 6.17. The van der Waals surface area contributed by atoms with Crippen molar-refractivity contribution in [2.45, 2.75) is 50.3 Å². The van der Waals surface area contributed by atoms with Crippen LogP contribution in [0.3, 0.4) is 0 Å². The van der Waals surface area contributed by atoms with Crippen LogP contribution in [0.1, 0.15) is 44.1 Å². The lowest BCUT2D eigenvalue weighted by Gasteiger charge is -2.31. The summed E-state index contributed by atoms with van der Waals surface area (Å²) in [5.41, 5.74) is -1.70. The highest BCUT2D eigenvalue weighted by Crippen LogP contribution is 2.30. The molecule has 0 unspecified atom stereocenters. The number of carbonyl (C=O) groups is 1. The number of hydrogen-bond acceptors (Lipinski definition) is 4. The summed E-state index contributed by atoms with van der Waals surface area (Å²) in [4.78, 5) is 15.5. The summed E-state index contributed by atoms with van der Waals surface area (Å²) < 4.78 is 37.2. The SMILES string of the molecule is O=C(CC1(O)CCCCC1)NCCNc1ccc(C(F)(F)F)cn1. The Kier molecular flexibility index (Phi) is 6.04. The van der Waals surface area contributed by atoms with Crippen molar-refractivity contribution in [2.24, 2.45) is 0 Å². The zero-order valence-corrected chi connectivity index (χ0v) is 13.3. The van der Waals surface area contributed by atoms with E-state index < -0.39 is 17.3 Å². The molecule has 2 rings (SSSR count). The van der Waals surface area contributed by atoms with Gasteiger partial charge in [-0.15, -0.1) is 0 Å². The van der Waals surface area contributed by atoms with Gasteiger partial charge in [-0.3, -0.25) is 4.79 Å². The Labute approximate surface area is 138 Å². The Balaban J connectivity index is 1.68. The van der Waals surface area contributed by atoms with Crippen LogP contribution in [0.5, 0.6) is 0 Å². The standard InChI is InChI=1S/C16H22F3N3O2/c17-16(18,19)12-4-5-13(22-11-12)20-8-9-21-14(23)10-15(24)6-2-1-3-7-15/h4-5,11,24H,1-3,6-10H2,(H,20,22)(H,21,23). The lowest BCUT2D eigenvalue weighted by molar-refractivity contribution is -0.137. The highest BCUT2D eigenvalue weighted by Gasteiger charge is 2.32. The maximum Gasteiger partial charge on any atom is 0.417 e. The third kappa shape index (κ3) is 5.67. The number of nitrogens with one attached hydrogen (secondary N) is 2. The molecule has 5 nitrogen and oxygen atoms in total. The minimum Gasteiger partial charge on any atom is -0.389 e. The maximum absolute atomic E-state index is 12.4. The first-order valence-electron chi connectivity index (χ1n) is 8.05. The molecule has 1 aliphatic carbocycles. The van der Waals surface area contributed by atoms with Gasteiger partial charge in [-0.1, -0.05) is 19.3 Å². The van der Waals surface area contributed by atoms with E-state index in [1.165, 1.54) is 6.07 Å². The van der Waals surface area contributed by atoms with E-state index in [9.17, 15) is 23.1 Å². The molecule has 24 heavy (non-hydrogen) atoms. The van der Waals surface area contributed by atoms with E-state index in [0.717, 1.165) is 31.5 Å². The number of pyridine rings is 1. The molecular weight excluding hydrogens is 323 g/mol. The smallest absolute Gasteiger partial charge is 0.389 e. The molecule has 0 bridgehead atoms. The first-order valence-corrected chi connectivity index (χ1v) is 8.05. The number of aliphatic hydroxyl groups is 1. The molecule has 1 aromatic heterocycles. The van der Waals surface area contributed by atoms with Gasteiger partial charge in [0.2, 0.25) is 5.91 Å². The summed E-state index contributed by atoms with van der Waals surface area (Å²) in [6.45, 7) is 0.639. The van der Waals surface area contributed by atoms with Crippen LogP contribution in [0.25, 0.3) is 0 Å². The van der Waals surface area contributed by atoms with Crippen LogP contribution in [0, 0.1) is 0 Å². The van der Waals surface area contributed by atoms with Crippen LogP contribution < -0.4 is 10.6 Å². The molecule has 1 amide bonds. The topological polar surface area (TPSA) is 74.2 Å². The van der Waals surface area contributed by atoms with Crippen LogP contribution in [0.4, 0.5) is 19.0 Å². The van der Waals surface area contributed by atoms with Crippen molar-refractivity contribution >= 4 is 11.7 Å². The minimum absolute atomic E-state index is 0.0888. The van der Waals surface area contributed by atoms with Gasteiger partial charge in [0, 0.05) is 19.3 Å². The van der Waals surface area contributed by atoms with Gasteiger partial charge < -0.3 is 15.7 Å². The molecule has 1 heterocycles. The van der Waals surface area contributed by atoms with E-state index >= 15 is 0 Å². The lowest BCUT2D eigenvalue weighted by Crippen LogP contribution is -2.39. The van der Waals surface area contributed by atoms with Crippen LogP contribution in [0.15, 0.2) is 18.3 Å². The summed E-state index contributed by atoms with van der Waals surface area (Å²) in [7, 11) is 0. The molecule has 1 saturated carbocycles. The molecular formula is C16H22F3N3O2. The molecule has 0 spiro atoms. The van der Waals surface area contributed by atoms with Crippen LogP contribution >= 0.6 is 0 Å². The normalized spacial score (nSPS) is 17.3. The fourth-order valence-electron chi connectivity index (χ4n) is 2.81. The van der Waals surface area contributed by atoms with Crippen LogP contribution in [-0.2, 0) is 11.0 Å². The highest BCUT2D eigenvalue weighted by molar-refractivity contribution is 5.77. The van der Waals surface area contributed by atoms with Crippen LogP contribution in [-0.4, -0.2) is 34.7 Å². The van der Waals surface area contributed by atoms with Gasteiger partial charge in [-0.2, -0.15) is 13.2 Å². The first-order chi connectivity index (χ1) is 11.3. The first kappa shape index (κ1) is 18.5. The second kappa shape index (κ2) is 7.83. The van der Waals surface area contributed by atoms with E-state index in [2.05, 4.69) is 15.6 Å². The van der Waals surface area contributed by atoms with Crippen molar-refractivity contribution < 1.29 is 23.1 Å². The van der Waals surface area contributed by atoms with Gasteiger partial charge in [0.15, 0.2) is 0 Å². The van der Waals surface area contributed by atoms with Crippen molar-refractivity contribution in [3.05, 3.63) is 23.9 Å². The fraction of sp³-hybridized carbons (Fsp3) is 0.625. The Hall–Kier alpha value is -1.83. The zero-order chi connectivity index (χ0) is 17.6. The monoisotopic (exact) mass is 345 g/mol. The zero-order valence-electron chi connectivity index (χ0n) is 13.3. The Morgan fingerprint density at radius 1 is 1.21 bits per heavy atom. The van der Waals surface area contributed by atoms with Crippen molar-refractivity contribution in [2.75, 3.05) is 18.4 Å². The average Bonchev–Trinajstić information content (AvgIpc) is 2.51. The molecule has 0 atom stereocenters. The molecule has 1 fully saturated rings. The number of aromatic nitrogens is 1. The fourth-order valence-corrected chi connectivity index (χ4v) is 2.81. The Morgan fingerprint density at radius 2 is 1.92 bits per heavy atom. The van der Waals surface area contributed by atoms with Gasteiger partial charge >= 0.3 is 6.18 Å². The molecule has 3 N–H and O–H groups in total. The predicted octanol–water partition coefficient (Wildman–Crippen LogP) is 2.71. The number of alkyl halides is 3. The Bertz CT molecular complexity index is 540. The van der Waals surface area contributed by atoms with E-state index in [1.54, 1.807) is 0 Å². The van der Waals surface area contributed by atoms with E-state index in [4.69, 9.17) is 0 Å². The van der Waals surface area contributed by atoms with E-state index in [0.29, 0.717) is 31.7 Å². The average molecular weight is 345 g/mol. The third-order valence-corrected chi connectivity index (χ3v) is 4.12. The summed E-state index contributed by atoms with van der Waals surface area (Å²) in [5.74, 6) is 0.0877. The van der Waals surface area contributed by atoms with E-state index in [1.807, 2.05) is 0 Å². The maximum atomic E-state index is 12.4. The lowest BCUT2D eigenvalue weighted by atomic mass is 9.82. The summed E-state index contributed by atoms with van der Waals surface area (Å²) >= 11 is 0. The summed E-state index contributed by atoms with van der Waals surface area (Å²) in [5, 5.41) is 15.8. The molecule has 0 radical (unpaired) electrons. The Morgan fingerprint density at radius 3 is 2.50 bits per heavy atom. The van der Waals surface area contributed by atoms with Gasteiger partial charge in [-0.25, -0.2) is 4.98 Å². The molecule has 0 saturated heterocycles. The molecule has 1 aromatic rings. The quantitative estimate of drug-likeness (QED) is 0.693. The van der Waals surface area contributed by atoms with Gasteiger partial charge in [0.05, 0.1) is 17.6 Å². The largest absolute Gasteiger partial charge is 0.417 e. The van der Waals surface area contributed by atoms with Crippen molar-refractivity contribution in [3.8, 4) is 0 Å². The molecule has 134 valence electrons. The predicted molar refractivity (Wildman–Crippen MR) is 83.4 cm³/mol. The molecule has 8 heteroatoms. The van der Waals surface area contributed by atoms with Crippen molar-refractivity contribution in [1.82, 2.24) is 10.3 Å². The number of halogens is 3. The summed E-state index contributed by atoms with van der Waals surface area (Å²) in [6, 6.07) is 2.20. The number of hydrogen-bond donors (Lipinski definition) is 3. The second-order valence-electron chi connectivity index (χ2n) is 6.17. The number of nitrogens with zero attached hydrogens (tertiary/aromatic N) is 1. The third-order valence-electron chi connectivity index (χ3n) is 4.12. The molecule has 1 aliphatic rings. The van der Waals surface area contributed by atoms with Crippen molar-refractivity contribution in [3.63, 3.8) is 0 Å². The summed E-state index contributed by atoms with van der Waals surface area (Å²) in [6.07, 6.45) is 0.704. The van der Waals surface area contributed by atoms with Crippen LogP contribution in [0.2, 0.25) is 0 Å². The number of anilines is 1. The minimum atomic E-state index is -4.40. The molecule has 0 aliphatic heterocycles. The van der Waals surface area contributed by atoms with Gasteiger partial charge in [0.25, 0.3) is 0 Å². The van der Waals surface area contributed by atoms with Gasteiger partial charge in [-0.05, 0) is 25.0 Å². The number of amides is 1. The van der Waals surface area contributed by atoms with Crippen molar-refractivity contribution in [1.29, 1.82) is 0 Å².